The molecule has 2 aliphatic rings. The van der Waals surface area contributed by atoms with Crippen molar-refractivity contribution in [3.8, 4) is 0 Å². The lowest BCUT2D eigenvalue weighted by Gasteiger charge is -2.40. The Bertz CT molecular complexity index is 163. The molecule has 2 heterocycles. The summed E-state index contributed by atoms with van der Waals surface area (Å²) in [5.74, 6) is 0.945. The summed E-state index contributed by atoms with van der Waals surface area (Å²) in [6.45, 7) is 8.56. The molecule has 0 radical (unpaired) electrons. The van der Waals surface area contributed by atoms with E-state index in [4.69, 9.17) is 0 Å². The van der Waals surface area contributed by atoms with Crippen molar-refractivity contribution < 1.29 is 0 Å². The van der Waals surface area contributed by atoms with E-state index in [9.17, 15) is 0 Å². The molecule has 0 aliphatic carbocycles. The van der Waals surface area contributed by atoms with Crippen molar-refractivity contribution >= 4 is 0 Å². The Morgan fingerprint density at radius 3 is 2.69 bits per heavy atom. The van der Waals surface area contributed by atoms with Crippen LogP contribution < -0.4 is 5.32 Å². The van der Waals surface area contributed by atoms with Crippen LogP contribution in [0.3, 0.4) is 0 Å². The second kappa shape index (κ2) is 3.97. The molecule has 0 saturated carbocycles. The van der Waals surface area contributed by atoms with Crippen molar-refractivity contribution in [2.24, 2.45) is 5.92 Å². The predicted molar refractivity (Wildman–Crippen MR) is 55.8 cm³/mol. The molecule has 1 N–H and O–H groups in total. The second-order valence-electron chi connectivity index (χ2n) is 4.86. The molecule has 2 aliphatic heterocycles. The van der Waals surface area contributed by atoms with Gasteiger partial charge >= 0.3 is 0 Å². The summed E-state index contributed by atoms with van der Waals surface area (Å²) in [7, 11) is 0. The number of nitrogens with zero attached hydrogens (tertiary/aromatic N) is 1. The van der Waals surface area contributed by atoms with Gasteiger partial charge in [0.05, 0.1) is 0 Å². The largest absolute Gasteiger partial charge is 0.315 e. The van der Waals surface area contributed by atoms with Crippen LogP contribution in [0.4, 0.5) is 0 Å². The normalized spacial score (nSPS) is 42.5. The standard InChI is InChI=1S/C11H22N2/c1-9-4-6-13(10(2)7-9)11-3-5-12-8-11/h9-12H,3-8H2,1-2H3. The Hall–Kier alpha value is -0.0800. The number of hydrogen-bond donors (Lipinski definition) is 1. The highest BCUT2D eigenvalue weighted by molar-refractivity contribution is 4.87. The Morgan fingerprint density at radius 2 is 2.08 bits per heavy atom. The van der Waals surface area contributed by atoms with Gasteiger partial charge in [-0.3, -0.25) is 4.90 Å². The van der Waals surface area contributed by atoms with E-state index in [1.54, 1.807) is 0 Å². The van der Waals surface area contributed by atoms with Gasteiger partial charge < -0.3 is 5.32 Å². The monoisotopic (exact) mass is 182 g/mol. The van der Waals surface area contributed by atoms with Crippen LogP contribution in [0.25, 0.3) is 0 Å². The van der Waals surface area contributed by atoms with Gasteiger partial charge in [0.1, 0.15) is 0 Å². The first-order valence-electron chi connectivity index (χ1n) is 5.74. The smallest absolute Gasteiger partial charge is 0.0235 e. The van der Waals surface area contributed by atoms with Gasteiger partial charge in [0.2, 0.25) is 0 Å². The number of hydrogen-bond acceptors (Lipinski definition) is 2. The molecule has 2 heteroatoms. The minimum absolute atomic E-state index is 0.814. The summed E-state index contributed by atoms with van der Waals surface area (Å²) in [5, 5.41) is 3.46. The van der Waals surface area contributed by atoms with E-state index in [0.717, 1.165) is 18.0 Å². The lowest BCUT2D eigenvalue weighted by Crippen LogP contribution is -2.47. The van der Waals surface area contributed by atoms with E-state index in [1.165, 1.54) is 38.9 Å². The number of piperidine rings is 1. The summed E-state index contributed by atoms with van der Waals surface area (Å²) in [6, 6.07) is 1.65. The fourth-order valence-electron chi connectivity index (χ4n) is 2.89. The zero-order chi connectivity index (χ0) is 9.26. The van der Waals surface area contributed by atoms with Crippen LogP contribution in [-0.2, 0) is 0 Å². The maximum Gasteiger partial charge on any atom is 0.0235 e. The molecule has 0 aromatic rings. The fourth-order valence-corrected chi connectivity index (χ4v) is 2.89. The van der Waals surface area contributed by atoms with Gasteiger partial charge in [-0.25, -0.2) is 0 Å². The van der Waals surface area contributed by atoms with Crippen LogP contribution in [0.15, 0.2) is 0 Å². The van der Waals surface area contributed by atoms with Gasteiger partial charge in [0, 0.05) is 18.6 Å². The highest BCUT2D eigenvalue weighted by Crippen LogP contribution is 2.25. The quantitative estimate of drug-likeness (QED) is 0.660. The first-order valence-corrected chi connectivity index (χ1v) is 5.74. The van der Waals surface area contributed by atoms with Crippen LogP contribution in [0.1, 0.15) is 33.1 Å². The van der Waals surface area contributed by atoms with Crippen LogP contribution in [0, 0.1) is 5.92 Å². The average molecular weight is 182 g/mol. The molecule has 0 spiro atoms. The van der Waals surface area contributed by atoms with E-state index in [2.05, 4.69) is 24.1 Å². The molecule has 13 heavy (non-hydrogen) atoms. The summed E-state index contributed by atoms with van der Waals surface area (Å²) in [5.41, 5.74) is 0. The van der Waals surface area contributed by atoms with E-state index in [-0.39, 0.29) is 0 Å². The van der Waals surface area contributed by atoms with Gasteiger partial charge in [-0.2, -0.15) is 0 Å². The Morgan fingerprint density at radius 1 is 1.23 bits per heavy atom. The van der Waals surface area contributed by atoms with E-state index in [0.29, 0.717) is 0 Å². The summed E-state index contributed by atoms with van der Waals surface area (Å²) in [4.78, 5) is 2.72. The first-order chi connectivity index (χ1) is 6.27. The molecule has 3 atom stereocenters. The van der Waals surface area contributed by atoms with Crippen molar-refractivity contribution in [1.29, 1.82) is 0 Å². The van der Waals surface area contributed by atoms with Crippen LogP contribution in [0.2, 0.25) is 0 Å². The third-order valence-electron chi connectivity index (χ3n) is 3.69. The molecule has 2 nitrogen and oxygen atoms in total. The second-order valence-corrected chi connectivity index (χ2v) is 4.86. The Labute approximate surface area is 81.7 Å². The minimum Gasteiger partial charge on any atom is -0.315 e. The van der Waals surface area contributed by atoms with E-state index >= 15 is 0 Å². The molecule has 3 unspecified atom stereocenters. The predicted octanol–water partition coefficient (Wildman–Crippen LogP) is 1.47. The lowest BCUT2D eigenvalue weighted by atomic mass is 9.92. The molecular weight excluding hydrogens is 160 g/mol. The van der Waals surface area contributed by atoms with Crippen molar-refractivity contribution in [3.63, 3.8) is 0 Å². The highest BCUT2D eigenvalue weighted by Gasteiger charge is 2.30. The number of nitrogens with one attached hydrogen (secondary N) is 1. The molecule has 0 aromatic carbocycles. The summed E-state index contributed by atoms with van der Waals surface area (Å²) < 4.78 is 0. The average Bonchev–Trinajstić information content (AvgIpc) is 2.56. The SMILES string of the molecule is CC1CCN(C2CCNC2)C(C)C1. The maximum atomic E-state index is 3.46. The van der Waals surface area contributed by atoms with Gasteiger partial charge in [0.25, 0.3) is 0 Å². The molecule has 2 saturated heterocycles. The third kappa shape index (κ3) is 2.05. The topological polar surface area (TPSA) is 15.3 Å². The lowest BCUT2D eigenvalue weighted by molar-refractivity contribution is 0.0899. The molecule has 76 valence electrons. The van der Waals surface area contributed by atoms with Crippen molar-refractivity contribution in [2.45, 2.75) is 45.2 Å². The molecule has 0 aromatic heterocycles. The van der Waals surface area contributed by atoms with Crippen LogP contribution >= 0.6 is 0 Å². The molecule has 2 fully saturated rings. The fraction of sp³-hybridized carbons (Fsp3) is 1.00. The Kier molecular flexibility index (Phi) is 2.89. The highest BCUT2D eigenvalue weighted by atomic mass is 15.2. The number of likely N-dealkylation sites (tertiary alicyclic amines) is 1. The summed E-state index contributed by atoms with van der Waals surface area (Å²) in [6.07, 6.45) is 4.16. The van der Waals surface area contributed by atoms with Gasteiger partial charge in [-0.1, -0.05) is 6.92 Å². The Balaban J connectivity index is 1.91. The van der Waals surface area contributed by atoms with Crippen molar-refractivity contribution in [1.82, 2.24) is 10.2 Å². The van der Waals surface area contributed by atoms with E-state index in [1.807, 2.05) is 0 Å². The minimum atomic E-state index is 0.814. The van der Waals surface area contributed by atoms with E-state index < -0.39 is 0 Å². The van der Waals surface area contributed by atoms with Crippen LogP contribution in [-0.4, -0.2) is 36.6 Å². The summed E-state index contributed by atoms with van der Waals surface area (Å²) >= 11 is 0. The van der Waals surface area contributed by atoms with Crippen molar-refractivity contribution in [3.05, 3.63) is 0 Å². The first kappa shape index (κ1) is 9.47. The molecule has 2 rings (SSSR count). The maximum absolute atomic E-state index is 3.46. The van der Waals surface area contributed by atoms with Gasteiger partial charge in [0.15, 0.2) is 0 Å². The molecular formula is C11H22N2. The van der Waals surface area contributed by atoms with Crippen LogP contribution in [0.5, 0.6) is 0 Å². The number of rotatable bonds is 1. The molecule has 0 amide bonds. The zero-order valence-corrected chi connectivity index (χ0v) is 8.92. The van der Waals surface area contributed by atoms with Gasteiger partial charge in [-0.05, 0) is 45.2 Å². The molecule has 0 bridgehead atoms. The third-order valence-corrected chi connectivity index (χ3v) is 3.69. The van der Waals surface area contributed by atoms with Crippen molar-refractivity contribution in [2.75, 3.05) is 19.6 Å². The zero-order valence-electron chi connectivity index (χ0n) is 8.92. The van der Waals surface area contributed by atoms with Gasteiger partial charge in [-0.15, -0.1) is 0 Å².